The van der Waals surface area contributed by atoms with Gasteiger partial charge in [0.25, 0.3) is 0 Å². The molecule has 1 fully saturated rings. The molecule has 0 aliphatic carbocycles. The van der Waals surface area contributed by atoms with Gasteiger partial charge in [-0.15, -0.1) is 0 Å². The van der Waals surface area contributed by atoms with E-state index in [1.165, 1.54) is 0 Å². The Kier molecular flexibility index (Phi) is 5.34. The second-order valence-electron chi connectivity index (χ2n) is 7.08. The van der Waals surface area contributed by atoms with Gasteiger partial charge in [0.05, 0.1) is 0 Å². The molecule has 0 aromatic carbocycles. The van der Waals surface area contributed by atoms with Crippen LogP contribution in [0.2, 0.25) is 0 Å². The summed E-state index contributed by atoms with van der Waals surface area (Å²) in [7, 11) is 0. The van der Waals surface area contributed by atoms with Crippen LogP contribution >= 0.6 is 0 Å². The van der Waals surface area contributed by atoms with Gasteiger partial charge in [0.1, 0.15) is 11.6 Å². The van der Waals surface area contributed by atoms with Crippen molar-refractivity contribution in [3.63, 3.8) is 0 Å². The van der Waals surface area contributed by atoms with Crippen LogP contribution in [0.15, 0.2) is 24.5 Å². The zero-order chi connectivity index (χ0) is 17.0. The molecule has 6 nitrogen and oxygen atoms in total. The SMILES string of the molecule is C[C@@H](C(=O)N1CCC[C@@H](NC(=O)OC(C)(C)C)C1)n1cccc1. The van der Waals surface area contributed by atoms with Gasteiger partial charge >= 0.3 is 6.09 Å². The molecule has 1 saturated heterocycles. The number of alkyl carbamates (subject to hydrolysis) is 1. The summed E-state index contributed by atoms with van der Waals surface area (Å²) in [6, 6.07) is 3.53. The molecule has 1 aromatic rings. The molecule has 0 saturated carbocycles. The highest BCUT2D eigenvalue weighted by Crippen LogP contribution is 2.17. The van der Waals surface area contributed by atoms with Crippen LogP contribution in [0.1, 0.15) is 46.6 Å². The van der Waals surface area contributed by atoms with Crippen LogP contribution in [0, 0.1) is 0 Å². The Morgan fingerprint density at radius 2 is 1.91 bits per heavy atom. The lowest BCUT2D eigenvalue weighted by atomic mass is 10.0. The van der Waals surface area contributed by atoms with Crippen molar-refractivity contribution >= 4 is 12.0 Å². The lowest BCUT2D eigenvalue weighted by Gasteiger charge is -2.35. The Bertz CT molecular complexity index is 534. The lowest BCUT2D eigenvalue weighted by Crippen LogP contribution is -2.51. The van der Waals surface area contributed by atoms with Gasteiger partial charge in [0.2, 0.25) is 5.91 Å². The lowest BCUT2D eigenvalue weighted by molar-refractivity contribution is -0.135. The molecule has 128 valence electrons. The average Bonchev–Trinajstić information content (AvgIpc) is 2.98. The summed E-state index contributed by atoms with van der Waals surface area (Å²) in [5.41, 5.74) is -0.517. The van der Waals surface area contributed by atoms with Crippen LogP contribution in [0.4, 0.5) is 4.79 Å². The molecular formula is C17H27N3O3. The zero-order valence-corrected chi connectivity index (χ0v) is 14.4. The van der Waals surface area contributed by atoms with Crippen molar-refractivity contribution in [2.45, 2.75) is 58.2 Å². The molecule has 6 heteroatoms. The third-order valence-corrected chi connectivity index (χ3v) is 3.89. The Morgan fingerprint density at radius 3 is 2.52 bits per heavy atom. The number of aromatic nitrogens is 1. The van der Waals surface area contributed by atoms with Gasteiger partial charge in [-0.05, 0) is 52.7 Å². The molecule has 2 amide bonds. The average molecular weight is 321 g/mol. The summed E-state index contributed by atoms with van der Waals surface area (Å²) < 4.78 is 7.18. The molecular weight excluding hydrogens is 294 g/mol. The standard InChI is InChI=1S/C17H27N3O3/c1-13(19-9-5-6-10-19)15(21)20-11-7-8-14(12-20)18-16(22)23-17(2,3)4/h5-6,9-10,13-14H,7-8,11-12H2,1-4H3,(H,18,22)/t13-,14+/m0/s1. The van der Waals surface area contributed by atoms with Crippen molar-refractivity contribution in [2.24, 2.45) is 0 Å². The number of likely N-dealkylation sites (tertiary alicyclic amines) is 1. The topological polar surface area (TPSA) is 63.6 Å². The minimum atomic E-state index is -0.517. The first-order valence-electron chi connectivity index (χ1n) is 8.17. The highest BCUT2D eigenvalue weighted by Gasteiger charge is 2.29. The van der Waals surface area contributed by atoms with E-state index in [0.717, 1.165) is 19.4 Å². The van der Waals surface area contributed by atoms with Crippen LogP contribution < -0.4 is 5.32 Å². The van der Waals surface area contributed by atoms with E-state index in [2.05, 4.69) is 5.32 Å². The van der Waals surface area contributed by atoms with Gasteiger partial charge in [-0.3, -0.25) is 4.79 Å². The van der Waals surface area contributed by atoms with Crippen LogP contribution in [-0.2, 0) is 9.53 Å². The van der Waals surface area contributed by atoms with Gasteiger partial charge in [-0.25, -0.2) is 4.79 Å². The van der Waals surface area contributed by atoms with Gasteiger partial charge in [-0.2, -0.15) is 0 Å². The highest BCUT2D eigenvalue weighted by molar-refractivity contribution is 5.80. The number of carbonyl (C=O) groups excluding carboxylic acids is 2. The molecule has 0 unspecified atom stereocenters. The Labute approximate surface area is 137 Å². The third kappa shape index (κ3) is 5.01. The second kappa shape index (κ2) is 7.06. The summed E-state index contributed by atoms with van der Waals surface area (Å²) in [4.78, 5) is 26.3. The molecule has 23 heavy (non-hydrogen) atoms. The van der Waals surface area contributed by atoms with Crippen molar-refractivity contribution in [3.8, 4) is 0 Å². The van der Waals surface area contributed by atoms with Crippen LogP contribution in [0.25, 0.3) is 0 Å². The van der Waals surface area contributed by atoms with E-state index in [1.54, 1.807) is 0 Å². The second-order valence-corrected chi connectivity index (χ2v) is 7.08. The van der Waals surface area contributed by atoms with Crippen molar-refractivity contribution in [1.82, 2.24) is 14.8 Å². The number of hydrogen-bond acceptors (Lipinski definition) is 3. The van der Waals surface area contributed by atoms with Crippen molar-refractivity contribution in [3.05, 3.63) is 24.5 Å². The fourth-order valence-corrected chi connectivity index (χ4v) is 2.77. The van der Waals surface area contributed by atoms with Crippen LogP contribution in [0.5, 0.6) is 0 Å². The monoisotopic (exact) mass is 321 g/mol. The number of nitrogens with one attached hydrogen (secondary N) is 1. The zero-order valence-electron chi connectivity index (χ0n) is 14.4. The number of hydrogen-bond donors (Lipinski definition) is 1. The van der Waals surface area contributed by atoms with E-state index in [4.69, 9.17) is 4.74 Å². The predicted octanol–water partition coefficient (Wildman–Crippen LogP) is 2.56. The molecule has 1 aliphatic rings. The van der Waals surface area contributed by atoms with E-state index in [9.17, 15) is 9.59 Å². The maximum absolute atomic E-state index is 12.6. The van der Waals surface area contributed by atoms with Crippen LogP contribution in [0.3, 0.4) is 0 Å². The molecule has 1 N–H and O–H groups in total. The molecule has 0 bridgehead atoms. The first-order chi connectivity index (χ1) is 10.8. The fourth-order valence-electron chi connectivity index (χ4n) is 2.77. The van der Waals surface area contributed by atoms with E-state index >= 15 is 0 Å². The summed E-state index contributed by atoms with van der Waals surface area (Å²) >= 11 is 0. The first kappa shape index (κ1) is 17.4. The number of piperidine rings is 1. The van der Waals surface area contributed by atoms with Crippen molar-refractivity contribution in [1.29, 1.82) is 0 Å². The van der Waals surface area contributed by atoms with E-state index < -0.39 is 11.7 Å². The molecule has 0 radical (unpaired) electrons. The van der Waals surface area contributed by atoms with Gasteiger partial charge in [0.15, 0.2) is 0 Å². The number of rotatable bonds is 3. The number of amides is 2. The van der Waals surface area contributed by atoms with Crippen LogP contribution in [-0.4, -0.2) is 46.2 Å². The number of ether oxygens (including phenoxy) is 1. The highest BCUT2D eigenvalue weighted by atomic mass is 16.6. The molecule has 1 aliphatic heterocycles. The summed E-state index contributed by atoms with van der Waals surface area (Å²) in [5.74, 6) is 0.0805. The summed E-state index contributed by atoms with van der Waals surface area (Å²) in [6.45, 7) is 8.67. The Balaban J connectivity index is 1.90. The van der Waals surface area contributed by atoms with Crippen molar-refractivity contribution in [2.75, 3.05) is 13.1 Å². The van der Waals surface area contributed by atoms with Gasteiger partial charge in [-0.1, -0.05) is 0 Å². The van der Waals surface area contributed by atoms with E-state index in [-0.39, 0.29) is 18.0 Å². The molecule has 2 atom stereocenters. The largest absolute Gasteiger partial charge is 0.444 e. The maximum Gasteiger partial charge on any atom is 0.407 e. The van der Waals surface area contributed by atoms with Gasteiger partial charge < -0.3 is 19.5 Å². The Morgan fingerprint density at radius 1 is 1.26 bits per heavy atom. The number of carbonyl (C=O) groups is 2. The normalized spacial score (nSPS) is 20.0. The van der Waals surface area contributed by atoms with Crippen molar-refractivity contribution < 1.29 is 14.3 Å². The maximum atomic E-state index is 12.6. The Hall–Kier alpha value is -1.98. The molecule has 1 aromatic heterocycles. The van der Waals surface area contributed by atoms with Gasteiger partial charge in [0, 0.05) is 31.5 Å². The third-order valence-electron chi connectivity index (χ3n) is 3.89. The summed E-state index contributed by atoms with van der Waals surface area (Å²) in [5, 5.41) is 2.87. The van der Waals surface area contributed by atoms with E-state index in [1.807, 2.05) is 61.7 Å². The molecule has 0 spiro atoms. The smallest absolute Gasteiger partial charge is 0.407 e. The minimum Gasteiger partial charge on any atom is -0.444 e. The fraction of sp³-hybridized carbons (Fsp3) is 0.647. The first-order valence-corrected chi connectivity index (χ1v) is 8.17. The molecule has 2 heterocycles. The van der Waals surface area contributed by atoms with E-state index in [0.29, 0.717) is 6.54 Å². The predicted molar refractivity (Wildman–Crippen MR) is 88.1 cm³/mol. The molecule has 2 rings (SSSR count). The minimum absolute atomic E-state index is 0.0561. The summed E-state index contributed by atoms with van der Waals surface area (Å²) in [6.07, 6.45) is 5.10. The number of nitrogens with zero attached hydrogens (tertiary/aromatic N) is 2. The quantitative estimate of drug-likeness (QED) is 0.930.